The molecule has 3 N–H and O–H groups in total. The van der Waals surface area contributed by atoms with Gasteiger partial charge in [0, 0.05) is 33.4 Å². The van der Waals surface area contributed by atoms with Crippen molar-refractivity contribution in [2.24, 2.45) is 0 Å². The van der Waals surface area contributed by atoms with E-state index in [1.165, 1.54) is 11.1 Å². The molecule has 0 atom stereocenters. The first-order chi connectivity index (χ1) is 22.5. The molecule has 3 aromatic heterocycles. The minimum atomic E-state index is 0.854. The molecule has 0 radical (unpaired) electrons. The van der Waals surface area contributed by atoms with Crippen LogP contribution in [0.4, 0.5) is 11.4 Å². The summed E-state index contributed by atoms with van der Waals surface area (Å²) in [6.07, 6.45) is 8.41. The molecule has 46 heavy (non-hydrogen) atoms. The number of H-pyrrole nitrogens is 2. The predicted molar refractivity (Wildman–Crippen MR) is 194 cm³/mol. The highest BCUT2D eigenvalue weighted by atomic mass is 14.9. The number of anilines is 2. The van der Waals surface area contributed by atoms with Crippen LogP contribution in [0.3, 0.4) is 0 Å². The molecular weight excluding hydrogens is 562 g/mol. The van der Waals surface area contributed by atoms with E-state index in [2.05, 4.69) is 163 Å². The lowest BCUT2D eigenvalue weighted by molar-refractivity contribution is 1.30. The van der Waals surface area contributed by atoms with Gasteiger partial charge in [-0.2, -0.15) is 0 Å². The van der Waals surface area contributed by atoms with E-state index in [1.807, 2.05) is 0 Å². The SMILES string of the molecule is Cc1ccc(-c2c3nc(c(Nc4ccccc4C)c4ccc([nH]4)c(-c4ccc(C)cc4)c4nc(cc5ccc2[nH]5)C=C4)C=C3)cc1. The molecule has 222 valence electrons. The summed E-state index contributed by atoms with van der Waals surface area (Å²) in [6.45, 7) is 6.34. The quantitative estimate of drug-likeness (QED) is 0.190. The molecule has 8 rings (SSSR count). The number of nitrogens with one attached hydrogen (secondary N) is 3. The lowest BCUT2D eigenvalue weighted by Gasteiger charge is -2.11. The highest BCUT2D eigenvalue weighted by molar-refractivity contribution is 5.97. The minimum absolute atomic E-state index is 0.854. The molecule has 0 aliphatic carbocycles. The topological polar surface area (TPSA) is 69.4 Å². The zero-order valence-corrected chi connectivity index (χ0v) is 26.0. The maximum Gasteiger partial charge on any atom is 0.0894 e. The second kappa shape index (κ2) is 11.2. The Morgan fingerprint density at radius 2 is 1.11 bits per heavy atom. The van der Waals surface area contributed by atoms with Crippen LogP contribution in [0.1, 0.15) is 39.5 Å². The summed E-state index contributed by atoms with van der Waals surface area (Å²) in [5.41, 5.74) is 17.3. The molecule has 5 heterocycles. The molecule has 8 bridgehead atoms. The number of nitrogens with zero attached hydrogens (tertiary/aromatic N) is 2. The summed E-state index contributed by atoms with van der Waals surface area (Å²) >= 11 is 0. The van der Waals surface area contributed by atoms with Gasteiger partial charge in [0.25, 0.3) is 0 Å². The molecule has 0 amide bonds. The third kappa shape index (κ3) is 5.12. The van der Waals surface area contributed by atoms with Crippen molar-refractivity contribution in [1.29, 1.82) is 0 Å². The van der Waals surface area contributed by atoms with Gasteiger partial charge in [0.1, 0.15) is 0 Å². The fourth-order valence-corrected chi connectivity index (χ4v) is 6.17. The van der Waals surface area contributed by atoms with Gasteiger partial charge in [-0.05, 0) is 98.2 Å². The van der Waals surface area contributed by atoms with Crippen LogP contribution in [0, 0.1) is 20.8 Å². The van der Waals surface area contributed by atoms with E-state index in [9.17, 15) is 0 Å². The van der Waals surface area contributed by atoms with Gasteiger partial charge in [-0.25, -0.2) is 9.97 Å². The highest BCUT2D eigenvalue weighted by Crippen LogP contribution is 2.36. The number of rotatable bonds is 4. The van der Waals surface area contributed by atoms with Gasteiger partial charge in [-0.3, -0.25) is 0 Å². The Hall–Kier alpha value is -5.94. The molecular formula is C41H33N5. The number of fused-ring (bicyclic) bond motifs is 8. The Kier molecular flexibility index (Phi) is 6.72. The van der Waals surface area contributed by atoms with Crippen molar-refractivity contribution in [1.82, 2.24) is 19.9 Å². The van der Waals surface area contributed by atoms with Gasteiger partial charge in [-0.15, -0.1) is 0 Å². The smallest absolute Gasteiger partial charge is 0.0894 e. The van der Waals surface area contributed by atoms with Crippen molar-refractivity contribution >= 4 is 57.7 Å². The number of para-hydroxylation sites is 1. The normalized spacial score (nSPS) is 12.1. The summed E-state index contributed by atoms with van der Waals surface area (Å²) in [6, 6.07) is 36.2. The van der Waals surface area contributed by atoms with Crippen molar-refractivity contribution < 1.29 is 0 Å². The number of benzene rings is 3. The van der Waals surface area contributed by atoms with E-state index in [1.54, 1.807) is 0 Å². The Morgan fingerprint density at radius 1 is 0.522 bits per heavy atom. The second-order valence-corrected chi connectivity index (χ2v) is 12.0. The standard InChI is InChI=1S/C41H33N5/c1-25-8-12-28(13-9-25)39-33-18-16-30(42-33)24-31-17-19-34(43-31)40(29-14-10-26(2)11-15-29)36-21-23-38(45-36)41(37-22-20-35(39)44-37)46-32-7-5-4-6-27(32)3/h4-24,42,45-46H,1-3H3. The Bertz CT molecular complexity index is 2310. The van der Waals surface area contributed by atoms with E-state index < -0.39 is 0 Å². The van der Waals surface area contributed by atoms with Crippen LogP contribution in [0.2, 0.25) is 0 Å². The molecule has 0 unspecified atom stereocenters. The maximum atomic E-state index is 5.29. The molecule has 0 spiro atoms. The monoisotopic (exact) mass is 595 g/mol. The van der Waals surface area contributed by atoms with Gasteiger partial charge >= 0.3 is 0 Å². The molecule has 2 aliphatic rings. The zero-order valence-electron chi connectivity index (χ0n) is 26.0. The van der Waals surface area contributed by atoms with Crippen molar-refractivity contribution in [2.45, 2.75) is 20.8 Å². The van der Waals surface area contributed by atoms with Crippen LogP contribution in [-0.4, -0.2) is 19.9 Å². The molecule has 0 saturated carbocycles. The van der Waals surface area contributed by atoms with Crippen LogP contribution in [0.15, 0.2) is 103 Å². The third-order valence-corrected chi connectivity index (χ3v) is 8.66. The fraction of sp³-hybridized carbons (Fsp3) is 0.0732. The Labute approximate surface area is 268 Å². The first-order valence-electron chi connectivity index (χ1n) is 15.6. The zero-order chi connectivity index (χ0) is 31.2. The largest absolute Gasteiger partial charge is 0.355 e. The van der Waals surface area contributed by atoms with Crippen LogP contribution in [0.25, 0.3) is 68.6 Å². The van der Waals surface area contributed by atoms with Crippen molar-refractivity contribution in [3.8, 4) is 22.3 Å². The number of aromatic amines is 2. The van der Waals surface area contributed by atoms with E-state index in [0.717, 1.165) is 84.0 Å². The van der Waals surface area contributed by atoms with Crippen molar-refractivity contribution in [2.75, 3.05) is 5.32 Å². The number of hydrogen-bond acceptors (Lipinski definition) is 3. The van der Waals surface area contributed by atoms with Crippen LogP contribution in [0.5, 0.6) is 0 Å². The first-order valence-corrected chi connectivity index (χ1v) is 15.6. The molecule has 5 heteroatoms. The van der Waals surface area contributed by atoms with E-state index in [0.29, 0.717) is 0 Å². The summed E-state index contributed by atoms with van der Waals surface area (Å²) in [5.74, 6) is 0. The summed E-state index contributed by atoms with van der Waals surface area (Å²) in [4.78, 5) is 17.8. The predicted octanol–water partition coefficient (Wildman–Crippen LogP) is 10.7. The molecule has 6 aromatic rings. The molecule has 0 fully saturated rings. The Morgan fingerprint density at radius 3 is 1.83 bits per heavy atom. The number of hydrogen-bond donors (Lipinski definition) is 3. The van der Waals surface area contributed by atoms with Gasteiger partial charge in [0.15, 0.2) is 0 Å². The lowest BCUT2D eigenvalue weighted by atomic mass is 10.0. The van der Waals surface area contributed by atoms with Gasteiger partial charge < -0.3 is 15.3 Å². The van der Waals surface area contributed by atoms with Crippen LogP contribution >= 0.6 is 0 Å². The number of aromatic nitrogens is 4. The van der Waals surface area contributed by atoms with Crippen molar-refractivity contribution in [3.63, 3.8) is 0 Å². The molecule has 3 aromatic carbocycles. The summed E-state index contributed by atoms with van der Waals surface area (Å²) < 4.78 is 0. The lowest BCUT2D eigenvalue weighted by Crippen LogP contribution is -1.96. The van der Waals surface area contributed by atoms with E-state index in [-0.39, 0.29) is 0 Å². The molecule has 2 aliphatic heterocycles. The minimum Gasteiger partial charge on any atom is -0.355 e. The van der Waals surface area contributed by atoms with Crippen LogP contribution < -0.4 is 5.32 Å². The van der Waals surface area contributed by atoms with Crippen molar-refractivity contribution in [3.05, 3.63) is 143 Å². The first kappa shape index (κ1) is 27.6. The van der Waals surface area contributed by atoms with Gasteiger partial charge in [0.05, 0.1) is 34.0 Å². The Balaban J connectivity index is 1.49. The third-order valence-electron chi connectivity index (χ3n) is 8.66. The van der Waals surface area contributed by atoms with Gasteiger partial charge in [0.2, 0.25) is 0 Å². The maximum absolute atomic E-state index is 5.29. The molecule has 0 saturated heterocycles. The van der Waals surface area contributed by atoms with E-state index >= 15 is 0 Å². The highest BCUT2D eigenvalue weighted by Gasteiger charge is 2.16. The van der Waals surface area contributed by atoms with Gasteiger partial charge in [-0.1, -0.05) is 77.9 Å². The number of aryl methyl sites for hydroxylation is 3. The average Bonchev–Trinajstić information content (AvgIpc) is 3.89. The molecule has 5 nitrogen and oxygen atoms in total. The van der Waals surface area contributed by atoms with Crippen LogP contribution in [-0.2, 0) is 0 Å². The summed E-state index contributed by atoms with van der Waals surface area (Å²) in [5, 5.41) is 3.74. The second-order valence-electron chi connectivity index (χ2n) is 12.0. The van der Waals surface area contributed by atoms with E-state index in [4.69, 9.17) is 9.97 Å². The average molecular weight is 596 g/mol. The fourth-order valence-electron chi connectivity index (χ4n) is 6.17. The summed E-state index contributed by atoms with van der Waals surface area (Å²) in [7, 11) is 0.